The Morgan fingerprint density at radius 1 is 0.425 bits per heavy atom. The van der Waals surface area contributed by atoms with Gasteiger partial charge in [0.15, 0.2) is 12.4 Å². The van der Waals surface area contributed by atoms with Gasteiger partial charge in [0, 0.05) is 12.8 Å². The maximum Gasteiger partial charge on any atom is 0.306 e. The van der Waals surface area contributed by atoms with Crippen molar-refractivity contribution in [3.8, 4) is 0 Å². The van der Waals surface area contributed by atoms with E-state index in [9.17, 15) is 19.5 Å². The third-order valence-corrected chi connectivity index (χ3v) is 12.9. The minimum absolute atomic E-state index is 0.145. The van der Waals surface area contributed by atoms with Gasteiger partial charge in [0.25, 0.3) is 0 Å². The van der Waals surface area contributed by atoms with Crippen LogP contribution in [0.25, 0.3) is 0 Å². The number of likely N-dealkylation sites (N-methyl/N-ethyl adjacent to an activating group) is 1. The van der Waals surface area contributed by atoms with Gasteiger partial charge in [-0.1, -0.05) is 234 Å². The van der Waals surface area contributed by atoms with E-state index in [0.717, 1.165) is 83.5 Å². The molecule has 0 saturated carbocycles. The Balaban J connectivity index is 4.10. The third kappa shape index (κ3) is 56.3. The molecule has 0 fully saturated rings. The van der Waals surface area contributed by atoms with E-state index in [-0.39, 0.29) is 38.6 Å². The Morgan fingerprint density at radius 3 is 1.16 bits per heavy atom. The van der Waals surface area contributed by atoms with E-state index in [2.05, 4.69) is 86.8 Å². The van der Waals surface area contributed by atoms with E-state index in [1.807, 2.05) is 21.1 Å². The molecular formula is C64H113NO8. The monoisotopic (exact) mass is 1020 g/mol. The lowest BCUT2D eigenvalue weighted by atomic mass is 10.0. The molecule has 0 aromatic rings. The summed E-state index contributed by atoms with van der Waals surface area (Å²) in [6.45, 7) is 4.61. The molecule has 0 aliphatic rings. The van der Waals surface area contributed by atoms with Crippen LogP contribution in [0, 0.1) is 0 Å². The van der Waals surface area contributed by atoms with Crippen LogP contribution in [0.1, 0.15) is 258 Å². The number of esters is 2. The van der Waals surface area contributed by atoms with Crippen LogP contribution < -0.4 is 5.11 Å². The van der Waals surface area contributed by atoms with E-state index in [0.29, 0.717) is 17.4 Å². The maximum absolute atomic E-state index is 12.9. The summed E-state index contributed by atoms with van der Waals surface area (Å²) in [5, 5.41) is 11.8. The molecule has 0 saturated heterocycles. The van der Waals surface area contributed by atoms with Gasteiger partial charge in [0.2, 0.25) is 0 Å². The van der Waals surface area contributed by atoms with Crippen molar-refractivity contribution in [1.29, 1.82) is 0 Å². The molecule has 0 amide bonds. The first-order chi connectivity index (χ1) is 35.6. The number of carboxylic acids is 1. The lowest BCUT2D eigenvalue weighted by Gasteiger charge is -2.26. The molecular weight excluding hydrogens is 911 g/mol. The number of aliphatic carboxylic acids is 1. The van der Waals surface area contributed by atoms with Crippen LogP contribution in [0.15, 0.2) is 72.9 Å². The molecule has 2 atom stereocenters. The van der Waals surface area contributed by atoms with Crippen molar-refractivity contribution in [1.82, 2.24) is 0 Å². The molecule has 9 nitrogen and oxygen atoms in total. The second-order valence-electron chi connectivity index (χ2n) is 21.3. The van der Waals surface area contributed by atoms with Crippen molar-refractivity contribution >= 4 is 17.9 Å². The molecule has 422 valence electrons. The molecule has 73 heavy (non-hydrogen) atoms. The Morgan fingerprint density at radius 2 is 0.781 bits per heavy atom. The molecule has 0 aromatic heterocycles. The molecule has 0 bridgehead atoms. The Labute approximate surface area is 449 Å². The minimum Gasteiger partial charge on any atom is -0.545 e. The number of hydrogen-bond acceptors (Lipinski definition) is 8. The van der Waals surface area contributed by atoms with Gasteiger partial charge in [0.05, 0.1) is 40.3 Å². The second-order valence-corrected chi connectivity index (χ2v) is 21.3. The van der Waals surface area contributed by atoms with Gasteiger partial charge in [-0.25, -0.2) is 0 Å². The summed E-state index contributed by atoms with van der Waals surface area (Å²) in [6, 6.07) is 0. The number of nitrogens with zero attached hydrogens (tertiary/aromatic N) is 1. The Hall–Kier alpha value is -3.27. The first-order valence-corrected chi connectivity index (χ1v) is 30.1. The van der Waals surface area contributed by atoms with Crippen molar-refractivity contribution in [2.75, 3.05) is 47.5 Å². The van der Waals surface area contributed by atoms with E-state index in [1.165, 1.54) is 141 Å². The van der Waals surface area contributed by atoms with Gasteiger partial charge in [-0.15, -0.1) is 0 Å². The molecule has 0 aliphatic carbocycles. The van der Waals surface area contributed by atoms with Gasteiger partial charge >= 0.3 is 11.9 Å². The fourth-order valence-corrected chi connectivity index (χ4v) is 8.32. The summed E-state index contributed by atoms with van der Waals surface area (Å²) in [7, 11) is 5.92. The van der Waals surface area contributed by atoms with Gasteiger partial charge in [0.1, 0.15) is 13.2 Å². The van der Waals surface area contributed by atoms with Crippen molar-refractivity contribution in [2.24, 2.45) is 0 Å². The lowest BCUT2D eigenvalue weighted by molar-refractivity contribution is -0.870. The molecule has 9 heteroatoms. The number of rotatable bonds is 55. The normalized spacial score (nSPS) is 13.3. The first-order valence-electron chi connectivity index (χ1n) is 30.1. The van der Waals surface area contributed by atoms with Crippen molar-refractivity contribution < 1.29 is 42.9 Å². The SMILES string of the molecule is CC/C=C\C/C=C\C/C=C\C/C=C\CCCCCCCCCCCCCCCCCCCCCCC(=O)OC(COC(=O)CCCCCCC/C=C\C/C=C\CCCCC)COC(OCC[N+](C)(C)C)C(=O)[O-]. The topological polar surface area (TPSA) is 111 Å². The average Bonchev–Trinajstić information content (AvgIpc) is 3.36. The van der Waals surface area contributed by atoms with Gasteiger partial charge in [-0.2, -0.15) is 0 Å². The number of ether oxygens (including phenoxy) is 4. The van der Waals surface area contributed by atoms with E-state index < -0.39 is 24.3 Å². The largest absolute Gasteiger partial charge is 0.545 e. The summed E-state index contributed by atoms with van der Waals surface area (Å²) in [4.78, 5) is 37.3. The lowest BCUT2D eigenvalue weighted by Crippen LogP contribution is -2.44. The van der Waals surface area contributed by atoms with Crippen LogP contribution in [0.2, 0.25) is 0 Å². The van der Waals surface area contributed by atoms with Crippen LogP contribution in [0.3, 0.4) is 0 Å². The maximum atomic E-state index is 12.9. The summed E-state index contributed by atoms with van der Waals surface area (Å²) in [5.41, 5.74) is 0. The number of quaternary nitrogens is 1. The molecule has 0 aromatic carbocycles. The standard InChI is InChI=1S/C64H113NO8/c1-6-8-10-12-14-16-18-20-22-23-24-25-26-27-28-29-30-31-32-33-34-35-36-37-38-39-41-43-45-47-49-51-53-55-62(67)73-60(59-72-64(63(68)69)70-57-56-65(3,4)5)58-71-61(66)54-52-50-48-46-44-42-40-21-19-17-15-13-11-9-7-2/h8,10,14-17,20-22,24-25,40,60,64H,6-7,9,11-13,18-19,23,26-39,41-59H2,1-5H3/b10-8-,16-14-,17-15-,22-20-,25-24-,40-21-. The van der Waals surface area contributed by atoms with E-state index in [4.69, 9.17) is 18.9 Å². The molecule has 0 radical (unpaired) electrons. The number of hydrogen-bond donors (Lipinski definition) is 0. The summed E-state index contributed by atoms with van der Waals surface area (Å²) < 4.78 is 22.7. The first kappa shape index (κ1) is 69.7. The van der Waals surface area contributed by atoms with E-state index >= 15 is 0 Å². The van der Waals surface area contributed by atoms with Gasteiger partial charge in [-0.05, 0) is 83.5 Å². The van der Waals surface area contributed by atoms with Crippen LogP contribution in [0.5, 0.6) is 0 Å². The second kappa shape index (κ2) is 55.0. The highest BCUT2D eigenvalue weighted by atomic mass is 16.7. The highest BCUT2D eigenvalue weighted by molar-refractivity contribution is 5.70. The van der Waals surface area contributed by atoms with Crippen molar-refractivity contribution in [2.45, 2.75) is 270 Å². The quantitative estimate of drug-likeness (QED) is 0.0195. The molecule has 2 unspecified atom stereocenters. The zero-order valence-electron chi connectivity index (χ0n) is 48.0. The van der Waals surface area contributed by atoms with Crippen LogP contribution in [0.4, 0.5) is 0 Å². The van der Waals surface area contributed by atoms with E-state index in [1.54, 1.807) is 0 Å². The number of unbranched alkanes of at least 4 members (excludes halogenated alkanes) is 28. The highest BCUT2D eigenvalue weighted by Gasteiger charge is 2.22. The third-order valence-electron chi connectivity index (χ3n) is 12.9. The predicted octanol–water partition coefficient (Wildman–Crippen LogP) is 16.5. The number of carbonyl (C=O) groups excluding carboxylic acids is 3. The smallest absolute Gasteiger partial charge is 0.306 e. The summed E-state index contributed by atoms with van der Waals surface area (Å²) in [5.74, 6) is -2.29. The number of carboxylic acid groups (broad SMARTS) is 1. The van der Waals surface area contributed by atoms with Crippen molar-refractivity contribution in [3.63, 3.8) is 0 Å². The summed E-state index contributed by atoms with van der Waals surface area (Å²) >= 11 is 0. The Bertz CT molecular complexity index is 1420. The number of allylic oxidation sites excluding steroid dienone is 12. The van der Waals surface area contributed by atoms with Gasteiger partial charge in [-0.3, -0.25) is 9.59 Å². The highest BCUT2D eigenvalue weighted by Crippen LogP contribution is 2.17. The minimum atomic E-state index is -1.62. The van der Waals surface area contributed by atoms with Crippen LogP contribution >= 0.6 is 0 Å². The predicted molar refractivity (Wildman–Crippen MR) is 306 cm³/mol. The zero-order chi connectivity index (χ0) is 53.4. The van der Waals surface area contributed by atoms with Crippen LogP contribution in [-0.2, 0) is 33.3 Å². The number of carbonyl (C=O) groups is 3. The zero-order valence-corrected chi connectivity index (χ0v) is 48.0. The molecule has 0 heterocycles. The fourth-order valence-electron chi connectivity index (χ4n) is 8.32. The fraction of sp³-hybridized carbons (Fsp3) is 0.766. The molecule has 0 spiro atoms. The average molecular weight is 1020 g/mol. The molecule has 0 rings (SSSR count). The summed E-state index contributed by atoms with van der Waals surface area (Å²) in [6.07, 6.45) is 68.2. The molecule has 0 N–H and O–H groups in total. The van der Waals surface area contributed by atoms with Crippen LogP contribution in [-0.4, -0.2) is 82.3 Å². The molecule has 0 aliphatic heterocycles. The van der Waals surface area contributed by atoms with Gasteiger partial charge < -0.3 is 33.3 Å². The Kier molecular flexibility index (Phi) is 52.5. The van der Waals surface area contributed by atoms with Crippen molar-refractivity contribution in [3.05, 3.63) is 72.9 Å².